The van der Waals surface area contributed by atoms with E-state index in [1.54, 1.807) is 13.1 Å². The van der Waals surface area contributed by atoms with Gasteiger partial charge in [0.05, 0.1) is 6.26 Å². The van der Waals surface area contributed by atoms with Gasteiger partial charge in [0.15, 0.2) is 11.7 Å². The number of carbonyl (C=O) groups excluding carboxylic acids is 2. The summed E-state index contributed by atoms with van der Waals surface area (Å²) in [5.74, 6) is 1.49. The molecule has 0 aromatic carbocycles. The minimum atomic E-state index is -0.186. The molecular formula is C22H35N5O3. The molecule has 1 aliphatic heterocycles. The largest absolute Gasteiger partial charge is 0.459 e. The van der Waals surface area contributed by atoms with Crippen LogP contribution in [-0.2, 0) is 4.79 Å². The van der Waals surface area contributed by atoms with Gasteiger partial charge >= 0.3 is 0 Å². The van der Waals surface area contributed by atoms with E-state index in [4.69, 9.17) is 4.42 Å². The van der Waals surface area contributed by atoms with E-state index in [1.165, 1.54) is 25.5 Å². The first kappa shape index (κ1) is 22.2. The lowest BCUT2D eigenvalue weighted by Gasteiger charge is -2.26. The summed E-state index contributed by atoms with van der Waals surface area (Å²) in [7, 11) is 1.75. The quantitative estimate of drug-likeness (QED) is 0.358. The lowest BCUT2D eigenvalue weighted by Crippen LogP contribution is -2.46. The smallest absolute Gasteiger partial charge is 0.287 e. The highest BCUT2D eigenvalue weighted by Crippen LogP contribution is 2.26. The van der Waals surface area contributed by atoms with Gasteiger partial charge in [-0.25, -0.2) is 0 Å². The Morgan fingerprint density at radius 2 is 1.93 bits per heavy atom. The van der Waals surface area contributed by atoms with E-state index in [2.05, 4.69) is 20.9 Å². The van der Waals surface area contributed by atoms with Crippen LogP contribution >= 0.6 is 0 Å². The Labute approximate surface area is 178 Å². The van der Waals surface area contributed by atoms with Gasteiger partial charge in [0.2, 0.25) is 5.91 Å². The third-order valence-electron chi connectivity index (χ3n) is 6.02. The van der Waals surface area contributed by atoms with Gasteiger partial charge in [-0.1, -0.05) is 19.3 Å². The predicted octanol–water partition coefficient (Wildman–Crippen LogP) is 2.05. The summed E-state index contributed by atoms with van der Waals surface area (Å²) in [5.41, 5.74) is 0.836. The molecule has 2 fully saturated rings. The second-order valence-corrected chi connectivity index (χ2v) is 8.29. The van der Waals surface area contributed by atoms with Crippen molar-refractivity contribution in [1.29, 1.82) is 0 Å². The van der Waals surface area contributed by atoms with E-state index in [0.29, 0.717) is 24.8 Å². The molecular weight excluding hydrogens is 382 g/mol. The highest BCUT2D eigenvalue weighted by atomic mass is 16.3. The molecule has 1 aromatic rings. The zero-order chi connectivity index (χ0) is 21.3. The molecule has 0 spiro atoms. The van der Waals surface area contributed by atoms with Crippen molar-refractivity contribution >= 4 is 17.8 Å². The fourth-order valence-electron chi connectivity index (χ4n) is 4.26. The first-order valence-corrected chi connectivity index (χ1v) is 11.2. The molecule has 1 saturated heterocycles. The number of carbonyl (C=O) groups is 2. The Morgan fingerprint density at radius 3 is 2.63 bits per heavy atom. The first-order chi connectivity index (χ1) is 14.6. The number of nitrogens with one attached hydrogen (secondary N) is 3. The van der Waals surface area contributed by atoms with Gasteiger partial charge in [-0.15, -0.1) is 0 Å². The molecule has 2 aliphatic rings. The number of hydrogen-bond acceptors (Lipinski definition) is 4. The normalized spacial score (nSPS) is 20.3. The molecule has 1 aromatic heterocycles. The Hall–Kier alpha value is -2.51. The summed E-state index contributed by atoms with van der Waals surface area (Å²) in [6, 6.07) is 2.00. The maximum Gasteiger partial charge on any atom is 0.287 e. The van der Waals surface area contributed by atoms with Gasteiger partial charge in [-0.05, 0) is 38.7 Å². The third-order valence-corrected chi connectivity index (χ3v) is 6.02. The minimum absolute atomic E-state index is 0.186. The number of aryl methyl sites for hydroxylation is 1. The van der Waals surface area contributed by atoms with Crippen LogP contribution in [0.4, 0.5) is 0 Å². The number of nitrogens with zero attached hydrogens (tertiary/aromatic N) is 2. The molecule has 0 bridgehead atoms. The number of rotatable bonds is 7. The van der Waals surface area contributed by atoms with Crippen LogP contribution in [-0.4, -0.2) is 61.9 Å². The number of hydrogen-bond donors (Lipinski definition) is 3. The molecule has 1 unspecified atom stereocenters. The average Bonchev–Trinajstić information content (AvgIpc) is 3.41. The van der Waals surface area contributed by atoms with E-state index in [1.807, 2.05) is 11.8 Å². The topological polar surface area (TPSA) is 99.0 Å². The summed E-state index contributed by atoms with van der Waals surface area (Å²) in [6.07, 6.45) is 8.96. The molecule has 2 amide bonds. The second-order valence-electron chi connectivity index (χ2n) is 8.29. The number of likely N-dealkylation sites (tertiary alicyclic amines) is 1. The molecule has 3 rings (SSSR count). The van der Waals surface area contributed by atoms with Gasteiger partial charge < -0.3 is 25.3 Å². The van der Waals surface area contributed by atoms with Crippen LogP contribution in [0.2, 0.25) is 0 Å². The lowest BCUT2D eigenvalue weighted by atomic mass is 9.88. The fourth-order valence-corrected chi connectivity index (χ4v) is 4.26. The first-order valence-electron chi connectivity index (χ1n) is 11.2. The summed E-state index contributed by atoms with van der Waals surface area (Å²) in [5, 5.41) is 9.57. The van der Waals surface area contributed by atoms with Crippen LogP contribution in [0.3, 0.4) is 0 Å². The molecule has 1 atom stereocenters. The van der Waals surface area contributed by atoms with Crippen molar-refractivity contribution in [3.8, 4) is 0 Å². The van der Waals surface area contributed by atoms with Crippen molar-refractivity contribution in [2.75, 3.05) is 33.2 Å². The average molecular weight is 418 g/mol. The summed E-state index contributed by atoms with van der Waals surface area (Å²) < 4.78 is 5.19. The Bertz CT molecular complexity index is 739. The molecule has 8 heteroatoms. The number of amides is 2. The van der Waals surface area contributed by atoms with Gasteiger partial charge in [-0.2, -0.15) is 0 Å². The molecule has 1 aliphatic carbocycles. The highest BCUT2D eigenvalue weighted by Gasteiger charge is 2.31. The monoisotopic (exact) mass is 417 g/mol. The number of furan rings is 1. The van der Waals surface area contributed by atoms with Gasteiger partial charge in [0.25, 0.3) is 5.91 Å². The van der Waals surface area contributed by atoms with E-state index < -0.39 is 0 Å². The van der Waals surface area contributed by atoms with Gasteiger partial charge in [-0.3, -0.25) is 14.6 Å². The molecule has 0 radical (unpaired) electrons. The third kappa shape index (κ3) is 6.00. The summed E-state index contributed by atoms with van der Waals surface area (Å²) in [4.78, 5) is 31.0. The maximum atomic E-state index is 12.7. The SMILES string of the molecule is CN=C(NCCCNC(=O)c1occc1C)NC1CCN(C(=O)C2CCCCC2)C1. The van der Waals surface area contributed by atoms with Crippen molar-refractivity contribution in [2.24, 2.45) is 10.9 Å². The van der Waals surface area contributed by atoms with Crippen molar-refractivity contribution in [3.05, 3.63) is 23.7 Å². The van der Waals surface area contributed by atoms with E-state index >= 15 is 0 Å². The van der Waals surface area contributed by atoms with Gasteiger partial charge in [0.1, 0.15) is 0 Å². The number of guanidine groups is 1. The van der Waals surface area contributed by atoms with Crippen LogP contribution in [0.15, 0.2) is 21.7 Å². The minimum Gasteiger partial charge on any atom is -0.459 e. The highest BCUT2D eigenvalue weighted by molar-refractivity contribution is 5.92. The van der Waals surface area contributed by atoms with Crippen LogP contribution < -0.4 is 16.0 Å². The van der Waals surface area contributed by atoms with E-state index in [0.717, 1.165) is 50.3 Å². The zero-order valence-corrected chi connectivity index (χ0v) is 18.2. The summed E-state index contributed by atoms with van der Waals surface area (Å²) >= 11 is 0. The predicted molar refractivity (Wildman–Crippen MR) is 116 cm³/mol. The zero-order valence-electron chi connectivity index (χ0n) is 18.2. The Kier molecular flexibility index (Phi) is 8.16. The fraction of sp³-hybridized carbons (Fsp3) is 0.682. The molecule has 1 saturated carbocycles. The van der Waals surface area contributed by atoms with Crippen LogP contribution in [0, 0.1) is 12.8 Å². The van der Waals surface area contributed by atoms with Gasteiger partial charge in [0, 0.05) is 50.7 Å². The molecule has 166 valence electrons. The van der Waals surface area contributed by atoms with Crippen molar-refractivity contribution in [2.45, 2.75) is 57.9 Å². The maximum absolute atomic E-state index is 12.7. The van der Waals surface area contributed by atoms with E-state index in [-0.39, 0.29) is 17.9 Å². The number of aliphatic imine (C=N–C) groups is 1. The molecule has 8 nitrogen and oxygen atoms in total. The Morgan fingerprint density at radius 1 is 1.17 bits per heavy atom. The Balaban J connectivity index is 1.32. The van der Waals surface area contributed by atoms with Crippen molar-refractivity contribution in [3.63, 3.8) is 0 Å². The lowest BCUT2D eigenvalue weighted by molar-refractivity contribution is -0.135. The molecule has 30 heavy (non-hydrogen) atoms. The van der Waals surface area contributed by atoms with Crippen LogP contribution in [0.5, 0.6) is 0 Å². The van der Waals surface area contributed by atoms with Crippen LogP contribution in [0.25, 0.3) is 0 Å². The standard InChI is InChI=1S/C22H35N5O3/c1-16-10-14-30-19(16)20(28)24-11-6-12-25-22(23-2)26-18-9-13-27(15-18)21(29)17-7-4-3-5-8-17/h10,14,17-18H,3-9,11-13,15H2,1-2H3,(H,24,28)(H2,23,25,26). The molecule has 2 heterocycles. The van der Waals surface area contributed by atoms with Crippen molar-refractivity contribution in [1.82, 2.24) is 20.9 Å². The summed E-state index contributed by atoms with van der Waals surface area (Å²) in [6.45, 7) is 4.66. The van der Waals surface area contributed by atoms with E-state index in [9.17, 15) is 9.59 Å². The molecule has 3 N–H and O–H groups in total. The second kappa shape index (κ2) is 11.0. The van der Waals surface area contributed by atoms with Crippen molar-refractivity contribution < 1.29 is 14.0 Å². The van der Waals surface area contributed by atoms with Crippen LogP contribution in [0.1, 0.15) is 61.1 Å².